The molecule has 1 amide bonds. The van der Waals surface area contributed by atoms with Crippen molar-refractivity contribution >= 4 is 12.1 Å². The van der Waals surface area contributed by atoms with E-state index in [0.29, 0.717) is 5.56 Å². The van der Waals surface area contributed by atoms with E-state index in [-0.39, 0.29) is 0 Å². The number of amides is 1. The van der Waals surface area contributed by atoms with Gasteiger partial charge >= 0.3 is 0 Å². The minimum absolute atomic E-state index is 0.413. The van der Waals surface area contributed by atoms with E-state index < -0.39 is 5.91 Å². The highest BCUT2D eigenvalue weighted by Crippen LogP contribution is 2.01. The molecular weight excluding hydrogens is 190 g/mol. The molecule has 1 aromatic rings. The van der Waals surface area contributed by atoms with Crippen LogP contribution in [0.15, 0.2) is 29.4 Å². The molecule has 2 N–H and O–H groups in total. The zero-order valence-corrected chi connectivity index (χ0v) is 8.97. The third-order valence-corrected chi connectivity index (χ3v) is 2.06. The van der Waals surface area contributed by atoms with E-state index in [4.69, 9.17) is 5.73 Å². The number of nitrogens with zero attached hydrogens (tertiary/aromatic N) is 2. The van der Waals surface area contributed by atoms with Gasteiger partial charge in [0.2, 0.25) is 5.91 Å². The lowest BCUT2D eigenvalue weighted by Gasteiger charge is -2.07. The first-order chi connectivity index (χ1) is 7.13. The second-order valence-electron chi connectivity index (χ2n) is 3.20. The lowest BCUT2D eigenvalue weighted by molar-refractivity contribution is 0.100. The molecule has 0 saturated heterocycles. The van der Waals surface area contributed by atoms with Gasteiger partial charge in [0.15, 0.2) is 0 Å². The quantitative estimate of drug-likeness (QED) is 0.590. The molecule has 4 heteroatoms. The number of rotatable bonds is 4. The third kappa shape index (κ3) is 3.42. The highest BCUT2D eigenvalue weighted by molar-refractivity contribution is 5.93. The summed E-state index contributed by atoms with van der Waals surface area (Å²) in [5.74, 6) is -0.413. The van der Waals surface area contributed by atoms with Gasteiger partial charge in [-0.3, -0.25) is 4.79 Å². The summed E-state index contributed by atoms with van der Waals surface area (Å²) in [6, 6.07) is 7.01. The molecule has 0 aliphatic heterocycles. The van der Waals surface area contributed by atoms with E-state index >= 15 is 0 Å². The topological polar surface area (TPSA) is 58.7 Å². The standard InChI is InChI=1S/C11H15N3O/c1-3-14(2)13-8-9-4-6-10(7-5-9)11(12)15/h4-8H,3H2,1-2H3,(H2,12,15). The molecule has 0 aromatic heterocycles. The van der Waals surface area contributed by atoms with Crippen LogP contribution in [-0.4, -0.2) is 30.7 Å². The Morgan fingerprint density at radius 2 is 2.07 bits per heavy atom. The molecular formula is C11H15N3O. The molecule has 1 aromatic carbocycles. The Hall–Kier alpha value is -1.84. The van der Waals surface area contributed by atoms with Gasteiger partial charge < -0.3 is 10.7 Å². The van der Waals surface area contributed by atoms with Gasteiger partial charge in [-0.15, -0.1) is 0 Å². The molecule has 0 aliphatic carbocycles. The first-order valence-electron chi connectivity index (χ1n) is 4.78. The largest absolute Gasteiger partial charge is 0.366 e. The third-order valence-electron chi connectivity index (χ3n) is 2.06. The summed E-state index contributed by atoms with van der Waals surface area (Å²) in [6.45, 7) is 2.88. The van der Waals surface area contributed by atoms with Gasteiger partial charge in [0, 0.05) is 19.2 Å². The van der Waals surface area contributed by atoms with Crippen LogP contribution in [-0.2, 0) is 0 Å². The van der Waals surface area contributed by atoms with E-state index in [1.165, 1.54) is 0 Å². The minimum Gasteiger partial charge on any atom is -0.366 e. The van der Waals surface area contributed by atoms with Crippen molar-refractivity contribution in [1.29, 1.82) is 0 Å². The first kappa shape index (κ1) is 11.2. The van der Waals surface area contributed by atoms with E-state index in [1.54, 1.807) is 18.3 Å². The maximum absolute atomic E-state index is 10.8. The molecule has 0 unspecified atom stereocenters. The molecule has 15 heavy (non-hydrogen) atoms. The number of hydrogen-bond acceptors (Lipinski definition) is 3. The van der Waals surface area contributed by atoms with E-state index in [9.17, 15) is 4.79 Å². The van der Waals surface area contributed by atoms with E-state index in [1.807, 2.05) is 31.1 Å². The number of carbonyl (C=O) groups is 1. The fourth-order valence-electron chi connectivity index (χ4n) is 0.980. The summed E-state index contributed by atoms with van der Waals surface area (Å²) in [6.07, 6.45) is 1.74. The van der Waals surface area contributed by atoms with Gasteiger partial charge in [-0.05, 0) is 24.6 Å². The zero-order valence-electron chi connectivity index (χ0n) is 8.97. The smallest absolute Gasteiger partial charge is 0.248 e. The molecule has 1 rings (SSSR count). The van der Waals surface area contributed by atoms with Gasteiger partial charge in [-0.2, -0.15) is 5.10 Å². The second-order valence-corrected chi connectivity index (χ2v) is 3.20. The summed E-state index contributed by atoms with van der Waals surface area (Å²) < 4.78 is 0. The van der Waals surface area contributed by atoms with E-state index in [2.05, 4.69) is 5.10 Å². The molecule has 0 atom stereocenters. The van der Waals surface area contributed by atoms with Gasteiger partial charge in [0.1, 0.15) is 0 Å². The van der Waals surface area contributed by atoms with Crippen LogP contribution in [0.3, 0.4) is 0 Å². The summed E-state index contributed by atoms with van der Waals surface area (Å²) in [4.78, 5) is 10.8. The Morgan fingerprint density at radius 3 is 2.53 bits per heavy atom. The van der Waals surface area contributed by atoms with Crippen molar-refractivity contribution in [3.63, 3.8) is 0 Å². The number of nitrogens with two attached hydrogens (primary N) is 1. The number of primary amides is 1. The van der Waals surface area contributed by atoms with Crippen LogP contribution >= 0.6 is 0 Å². The first-order valence-corrected chi connectivity index (χ1v) is 4.78. The van der Waals surface area contributed by atoms with Crippen LogP contribution in [0.5, 0.6) is 0 Å². The normalized spacial score (nSPS) is 10.5. The van der Waals surface area contributed by atoms with Gasteiger partial charge in [0.25, 0.3) is 0 Å². The Labute approximate surface area is 89.4 Å². The van der Waals surface area contributed by atoms with Crippen LogP contribution in [0.1, 0.15) is 22.8 Å². The molecule has 0 heterocycles. The molecule has 0 radical (unpaired) electrons. The molecule has 0 spiro atoms. The predicted molar refractivity (Wildman–Crippen MR) is 60.9 cm³/mol. The number of benzene rings is 1. The Bertz CT molecular complexity index is 357. The van der Waals surface area contributed by atoms with Crippen molar-refractivity contribution in [3.05, 3.63) is 35.4 Å². The Morgan fingerprint density at radius 1 is 1.47 bits per heavy atom. The average molecular weight is 205 g/mol. The maximum atomic E-state index is 10.8. The highest BCUT2D eigenvalue weighted by Gasteiger charge is 1.97. The molecule has 80 valence electrons. The predicted octanol–water partition coefficient (Wildman–Crippen LogP) is 1.07. The lowest BCUT2D eigenvalue weighted by atomic mass is 10.1. The van der Waals surface area contributed by atoms with Crippen molar-refractivity contribution in [2.24, 2.45) is 10.8 Å². The SMILES string of the molecule is CCN(C)N=Cc1ccc(C(N)=O)cc1. The zero-order chi connectivity index (χ0) is 11.3. The molecule has 4 nitrogen and oxygen atoms in total. The number of hydrogen-bond donors (Lipinski definition) is 1. The monoisotopic (exact) mass is 205 g/mol. The lowest BCUT2D eigenvalue weighted by Crippen LogP contribution is -2.11. The molecule has 0 saturated carbocycles. The van der Waals surface area contributed by atoms with Crippen molar-refractivity contribution in [1.82, 2.24) is 5.01 Å². The van der Waals surface area contributed by atoms with Crippen LogP contribution in [0, 0.1) is 0 Å². The van der Waals surface area contributed by atoms with Crippen LogP contribution in [0.25, 0.3) is 0 Å². The average Bonchev–Trinajstić information content (AvgIpc) is 2.26. The fraction of sp³-hybridized carbons (Fsp3) is 0.273. The van der Waals surface area contributed by atoms with Crippen molar-refractivity contribution in [2.45, 2.75) is 6.92 Å². The van der Waals surface area contributed by atoms with Crippen LogP contribution < -0.4 is 5.73 Å². The number of hydrazone groups is 1. The highest BCUT2D eigenvalue weighted by atomic mass is 16.1. The number of carbonyl (C=O) groups excluding carboxylic acids is 1. The fourth-order valence-corrected chi connectivity index (χ4v) is 0.980. The van der Waals surface area contributed by atoms with Crippen molar-refractivity contribution in [2.75, 3.05) is 13.6 Å². The molecule has 0 fully saturated rings. The maximum Gasteiger partial charge on any atom is 0.248 e. The van der Waals surface area contributed by atoms with Crippen LogP contribution in [0.4, 0.5) is 0 Å². The Balaban J connectivity index is 2.72. The summed E-state index contributed by atoms with van der Waals surface area (Å²) in [5.41, 5.74) is 6.58. The van der Waals surface area contributed by atoms with Gasteiger partial charge in [-0.25, -0.2) is 0 Å². The molecule has 0 aliphatic rings. The minimum atomic E-state index is -0.413. The van der Waals surface area contributed by atoms with E-state index in [0.717, 1.165) is 12.1 Å². The van der Waals surface area contributed by atoms with Gasteiger partial charge in [-0.1, -0.05) is 12.1 Å². The van der Waals surface area contributed by atoms with Crippen molar-refractivity contribution < 1.29 is 4.79 Å². The summed E-state index contributed by atoms with van der Waals surface area (Å²) in [5, 5.41) is 6.00. The Kier molecular flexibility index (Phi) is 3.85. The molecule has 0 bridgehead atoms. The van der Waals surface area contributed by atoms with Crippen molar-refractivity contribution in [3.8, 4) is 0 Å². The summed E-state index contributed by atoms with van der Waals surface area (Å²) >= 11 is 0. The van der Waals surface area contributed by atoms with Crippen LogP contribution in [0.2, 0.25) is 0 Å². The summed E-state index contributed by atoms with van der Waals surface area (Å²) in [7, 11) is 1.90. The van der Waals surface area contributed by atoms with Gasteiger partial charge in [0.05, 0.1) is 6.21 Å². The second kappa shape index (κ2) is 5.14.